The van der Waals surface area contributed by atoms with Crippen molar-refractivity contribution in [3.8, 4) is 0 Å². The lowest BCUT2D eigenvalue weighted by Gasteiger charge is -2.20. The van der Waals surface area contributed by atoms with Crippen LogP contribution in [0.1, 0.15) is 47.7 Å². The second-order valence-corrected chi connectivity index (χ2v) is 19.5. The quantitative estimate of drug-likeness (QED) is 0.0384. The Bertz CT molecular complexity index is 3070. The molecule has 10 atom stereocenters. The van der Waals surface area contributed by atoms with Gasteiger partial charge in [-0.2, -0.15) is 0 Å². The van der Waals surface area contributed by atoms with Gasteiger partial charge >= 0.3 is 12.1 Å². The van der Waals surface area contributed by atoms with Crippen LogP contribution < -0.4 is 42.5 Å². The number of carbonyl (C=O) groups excluding carboxylic acids is 4. The molecule has 2 aliphatic carbocycles. The van der Waals surface area contributed by atoms with E-state index in [1.54, 1.807) is 27.3 Å². The molecule has 0 radical (unpaired) electrons. The normalized spacial score (nSPS) is 21.4. The summed E-state index contributed by atoms with van der Waals surface area (Å²) < 4.78 is 3.08. The molecule has 0 unspecified atom stereocenters. The number of imidazole rings is 2. The van der Waals surface area contributed by atoms with Crippen LogP contribution in [0.5, 0.6) is 0 Å². The lowest BCUT2D eigenvalue weighted by molar-refractivity contribution is -0.126. The topological polar surface area (TPSA) is 414 Å². The molecule has 4 heterocycles. The van der Waals surface area contributed by atoms with Gasteiger partial charge in [0.15, 0.2) is 34.6 Å². The summed E-state index contributed by atoms with van der Waals surface area (Å²) in [4.78, 5) is 78.6. The summed E-state index contributed by atoms with van der Waals surface area (Å²) in [6.07, 6.45) is -1.74. The van der Waals surface area contributed by atoms with Crippen LogP contribution in [0.4, 0.5) is 32.6 Å². The second kappa shape index (κ2) is 25.5. The molecule has 0 spiro atoms. The smallest absolute Gasteiger partial charge is 0.319 e. The first-order valence-corrected chi connectivity index (χ1v) is 25.7. The van der Waals surface area contributed by atoms with Crippen LogP contribution in [0.15, 0.2) is 97.6 Å². The summed E-state index contributed by atoms with van der Waals surface area (Å²) in [5.41, 5.74) is 3.40. The number of carbonyl (C=O) groups is 4. The second-order valence-electron chi connectivity index (χ2n) is 19.5. The highest BCUT2D eigenvalue weighted by Crippen LogP contribution is 2.36. The molecule has 4 aromatic heterocycles. The van der Waals surface area contributed by atoms with Crippen molar-refractivity contribution >= 4 is 69.2 Å². The van der Waals surface area contributed by atoms with Crippen LogP contribution in [0.2, 0.25) is 0 Å². The minimum absolute atomic E-state index is 0.0582. The fourth-order valence-corrected chi connectivity index (χ4v) is 9.98. The molecular formula is C52H62N16O12. The Hall–Kier alpha value is -8.48. The van der Waals surface area contributed by atoms with Gasteiger partial charge in [-0.1, -0.05) is 66.7 Å². The zero-order chi connectivity index (χ0) is 56.5. The molecule has 422 valence electrons. The molecule has 3 aromatic carbocycles. The number of nitrogens with zero attached hydrogens (tertiary/aromatic N) is 8. The van der Waals surface area contributed by atoms with E-state index < -0.39 is 97.8 Å². The number of urea groups is 2. The predicted octanol–water partition coefficient (Wildman–Crippen LogP) is -1.07. The summed E-state index contributed by atoms with van der Waals surface area (Å²) >= 11 is 0. The van der Waals surface area contributed by atoms with Gasteiger partial charge in [0.2, 0.25) is 11.8 Å². The Balaban J connectivity index is 0.881. The van der Waals surface area contributed by atoms with Crippen LogP contribution in [0.3, 0.4) is 0 Å². The van der Waals surface area contributed by atoms with Gasteiger partial charge < -0.3 is 92.5 Å². The molecule has 16 N–H and O–H groups in total. The van der Waals surface area contributed by atoms with Gasteiger partial charge in [0.25, 0.3) is 0 Å². The van der Waals surface area contributed by atoms with Gasteiger partial charge in [-0.3, -0.25) is 9.59 Å². The number of hydrogen-bond acceptors (Lipinski definition) is 20. The first-order chi connectivity index (χ1) is 38.7. The molecule has 6 amide bonds. The molecule has 7 aromatic rings. The van der Waals surface area contributed by atoms with Gasteiger partial charge in [0, 0.05) is 11.4 Å². The average Bonchev–Trinajstić information content (AvgIpc) is 4.29. The maximum Gasteiger partial charge on any atom is 0.319 e. The summed E-state index contributed by atoms with van der Waals surface area (Å²) in [6.45, 7) is -2.66. The van der Waals surface area contributed by atoms with Gasteiger partial charge in [-0.05, 0) is 55.0 Å². The molecule has 2 aliphatic rings. The largest absolute Gasteiger partial charge is 0.394 e. The van der Waals surface area contributed by atoms with E-state index in [0.29, 0.717) is 12.8 Å². The number of fused-ring (bicyclic) bond motifs is 2. The van der Waals surface area contributed by atoms with Crippen molar-refractivity contribution in [3.05, 3.63) is 120 Å². The van der Waals surface area contributed by atoms with E-state index in [0.717, 1.165) is 11.1 Å². The monoisotopic (exact) mass is 1100 g/mol. The summed E-state index contributed by atoms with van der Waals surface area (Å²) in [7, 11) is 0. The molecule has 2 fully saturated rings. The van der Waals surface area contributed by atoms with Crippen LogP contribution in [-0.4, -0.2) is 179 Å². The fraction of sp³-hybridized carbons (Fsp3) is 0.385. The highest BCUT2D eigenvalue weighted by molar-refractivity contribution is 5.93. The zero-order valence-corrected chi connectivity index (χ0v) is 42.9. The predicted molar refractivity (Wildman–Crippen MR) is 287 cm³/mol. The third kappa shape index (κ3) is 13.2. The van der Waals surface area contributed by atoms with Crippen molar-refractivity contribution in [2.75, 3.05) is 47.7 Å². The van der Waals surface area contributed by atoms with E-state index in [4.69, 9.17) is 0 Å². The Labute approximate surface area is 455 Å². The van der Waals surface area contributed by atoms with Crippen LogP contribution in [0, 0.1) is 0 Å². The highest BCUT2D eigenvalue weighted by atomic mass is 16.3. The highest BCUT2D eigenvalue weighted by Gasteiger charge is 2.45. The van der Waals surface area contributed by atoms with Crippen LogP contribution in [0.25, 0.3) is 22.3 Å². The third-order valence-electron chi connectivity index (χ3n) is 13.9. The van der Waals surface area contributed by atoms with E-state index in [-0.39, 0.29) is 96.1 Å². The van der Waals surface area contributed by atoms with Gasteiger partial charge in [-0.15, -0.1) is 0 Å². The van der Waals surface area contributed by atoms with Crippen LogP contribution >= 0.6 is 0 Å². The Kier molecular flexibility index (Phi) is 18.0. The fourth-order valence-electron chi connectivity index (χ4n) is 9.98. The molecule has 0 aliphatic heterocycles. The standard InChI is InChI=1S/C52H62N16O12/c69-21-31(14-27-8-3-1-4-9-27)57-47-41-49(67(25-55-41)35-17-33(43(75)45(35)77)61-39(73)23-71)65-37(63-47)19-53-51(79)59-29-12-7-13-30(16-29)60-52(80)54-20-38-64-48(58-32(22-70)15-28-10-5-2-6-11-28)42-50(66-38)68(26-56-42)36-18-34(44(76)46(36)78)62-40(74)24-72/h1-13,16,25-26,31-36,43-46,69-72,75-78H,14-15,17-24H2,(H,61,73)(H,62,74)(H2,53,59,79)(H2,54,60,80)(H,57,63,65)(H,58,64,66)/t31-,32-,33-,34-,35+,36+,43+,44+,45-,46-/m0/s1. The first-order valence-electron chi connectivity index (χ1n) is 25.7. The molecule has 9 rings (SSSR count). The summed E-state index contributed by atoms with van der Waals surface area (Å²) in [5.74, 6) is -0.823. The van der Waals surface area contributed by atoms with Crippen LogP contribution in [-0.2, 0) is 35.5 Å². The lowest BCUT2D eigenvalue weighted by atomic mass is 10.1. The number of anilines is 4. The lowest BCUT2D eigenvalue weighted by Crippen LogP contribution is -2.44. The molecule has 28 heteroatoms. The Morgan fingerprint density at radius 2 is 0.950 bits per heavy atom. The average molecular weight is 1100 g/mol. The van der Waals surface area contributed by atoms with E-state index in [1.165, 1.54) is 18.7 Å². The minimum atomic E-state index is -1.38. The van der Waals surface area contributed by atoms with Crippen molar-refractivity contribution in [1.82, 2.24) is 60.3 Å². The third-order valence-corrected chi connectivity index (χ3v) is 13.9. The zero-order valence-electron chi connectivity index (χ0n) is 42.9. The van der Waals surface area contributed by atoms with Gasteiger partial charge in [0.1, 0.15) is 48.7 Å². The van der Waals surface area contributed by atoms with Crippen molar-refractivity contribution in [3.63, 3.8) is 0 Å². The minimum Gasteiger partial charge on any atom is -0.394 e. The van der Waals surface area contributed by atoms with E-state index >= 15 is 0 Å². The maximum absolute atomic E-state index is 13.5. The van der Waals surface area contributed by atoms with Crippen molar-refractivity contribution in [2.24, 2.45) is 0 Å². The molecule has 2 saturated carbocycles. The van der Waals surface area contributed by atoms with E-state index in [1.807, 2.05) is 60.7 Å². The summed E-state index contributed by atoms with van der Waals surface area (Å²) in [5, 5.41) is 106. The molecule has 28 nitrogen and oxygen atoms in total. The number of hydrogen-bond donors (Lipinski definition) is 16. The van der Waals surface area contributed by atoms with Crippen molar-refractivity contribution in [1.29, 1.82) is 0 Å². The number of aromatic nitrogens is 8. The van der Waals surface area contributed by atoms with Crippen molar-refractivity contribution in [2.45, 2.75) is 99.4 Å². The molecule has 0 bridgehead atoms. The number of aliphatic hydroxyl groups excluding tert-OH is 8. The van der Waals surface area contributed by atoms with Gasteiger partial charge in [0.05, 0.1) is 75.2 Å². The SMILES string of the molecule is O=C(CO)N[C@H]1C[C@@H](n2cnc3c(N[C@H](CO)Cc4ccccc4)nc(CNC(=O)Nc4cccc(NC(=O)NCc5nc(N[C@H](CO)Cc6ccccc6)c6ncn([C@@H]7C[C@H](NC(=O)CO)[C@@H](O)[C@H]7O)c6n5)c4)nc32)[C@H](O)[C@@H]1O. The number of rotatable bonds is 22. The number of nitrogens with one attached hydrogen (secondary N) is 8. The Morgan fingerprint density at radius 3 is 1.34 bits per heavy atom. The molecule has 0 saturated heterocycles. The van der Waals surface area contributed by atoms with E-state index in [9.17, 15) is 60.0 Å². The van der Waals surface area contributed by atoms with Gasteiger partial charge in [-0.25, -0.2) is 39.5 Å². The maximum atomic E-state index is 13.5. The number of amides is 6. The van der Waals surface area contributed by atoms with Crippen molar-refractivity contribution < 1.29 is 60.0 Å². The number of benzene rings is 3. The Morgan fingerprint density at radius 1 is 0.537 bits per heavy atom. The molecule has 80 heavy (non-hydrogen) atoms. The molecular weight excluding hydrogens is 1040 g/mol. The number of aliphatic hydroxyl groups is 8. The summed E-state index contributed by atoms with van der Waals surface area (Å²) in [6, 6.07) is 19.3. The first kappa shape index (κ1) is 56.2. The van der Waals surface area contributed by atoms with E-state index in [2.05, 4.69) is 72.4 Å².